The monoisotopic (exact) mass is 422 g/mol. The second-order valence-corrected chi connectivity index (χ2v) is 6.69. The molecule has 2 rings (SSSR count). The van der Waals surface area contributed by atoms with Crippen molar-refractivity contribution >= 4 is 40.7 Å². The summed E-state index contributed by atoms with van der Waals surface area (Å²) < 4.78 is 5.36. The van der Waals surface area contributed by atoms with Gasteiger partial charge in [-0.2, -0.15) is 0 Å². The van der Waals surface area contributed by atoms with Gasteiger partial charge in [0.15, 0.2) is 5.11 Å². The number of hydrazine groups is 1. The number of benzene rings is 1. The molecule has 0 bridgehead atoms. The average Bonchev–Trinajstić information content (AvgIpc) is 2.91. The first-order valence-corrected chi connectivity index (χ1v) is 9.89. The summed E-state index contributed by atoms with van der Waals surface area (Å²) in [6.07, 6.45) is 0.199. The Kier molecular flexibility index (Phi) is 8.34. The van der Waals surface area contributed by atoms with Gasteiger partial charge in [-0.25, -0.2) is 5.01 Å². The van der Waals surface area contributed by atoms with E-state index in [-0.39, 0.29) is 42.3 Å². The van der Waals surface area contributed by atoms with E-state index in [9.17, 15) is 14.4 Å². The van der Waals surface area contributed by atoms with Crippen LogP contribution >= 0.6 is 12.2 Å². The van der Waals surface area contributed by atoms with Crippen LogP contribution in [0.15, 0.2) is 24.3 Å². The molecule has 1 aliphatic heterocycles. The van der Waals surface area contributed by atoms with E-state index in [1.807, 2.05) is 6.92 Å². The molecular weight excluding hydrogens is 396 g/mol. The van der Waals surface area contributed by atoms with Gasteiger partial charge < -0.3 is 15.2 Å². The van der Waals surface area contributed by atoms with E-state index in [0.717, 1.165) is 0 Å². The topological polar surface area (TPSA) is 111 Å². The van der Waals surface area contributed by atoms with Crippen molar-refractivity contribution in [2.75, 3.05) is 25.1 Å². The summed E-state index contributed by atoms with van der Waals surface area (Å²) in [6, 6.07) is 5.96. The summed E-state index contributed by atoms with van der Waals surface area (Å²) >= 11 is 5.29. The number of amides is 3. The van der Waals surface area contributed by atoms with Crippen molar-refractivity contribution in [1.82, 2.24) is 15.3 Å². The largest absolute Gasteiger partial charge is 0.494 e. The van der Waals surface area contributed by atoms with Crippen molar-refractivity contribution in [2.24, 2.45) is 0 Å². The molecule has 3 amide bonds. The molecule has 1 aromatic carbocycles. The van der Waals surface area contributed by atoms with Crippen molar-refractivity contribution in [3.8, 4) is 5.75 Å². The first-order valence-electron chi connectivity index (χ1n) is 9.48. The van der Waals surface area contributed by atoms with Crippen LogP contribution in [0.2, 0.25) is 0 Å². The van der Waals surface area contributed by atoms with E-state index >= 15 is 0 Å². The molecule has 1 aliphatic rings. The Hall–Kier alpha value is -2.72. The normalized spacial score (nSPS) is 16.2. The van der Waals surface area contributed by atoms with Crippen LogP contribution in [0.1, 0.15) is 33.1 Å². The lowest BCUT2D eigenvalue weighted by Gasteiger charge is -2.24. The van der Waals surface area contributed by atoms with E-state index in [0.29, 0.717) is 31.0 Å². The molecule has 3 N–H and O–H groups in total. The predicted octanol–water partition coefficient (Wildman–Crippen LogP) is 1.04. The average molecular weight is 423 g/mol. The van der Waals surface area contributed by atoms with Crippen molar-refractivity contribution in [3.05, 3.63) is 24.3 Å². The zero-order valence-electron chi connectivity index (χ0n) is 16.5. The molecule has 1 aromatic rings. The van der Waals surface area contributed by atoms with Crippen LogP contribution in [-0.4, -0.2) is 63.6 Å². The minimum absolute atomic E-state index is 0.0844. The summed E-state index contributed by atoms with van der Waals surface area (Å²) in [5.74, 6) is -0.425. The second kappa shape index (κ2) is 10.7. The highest BCUT2D eigenvalue weighted by Crippen LogP contribution is 2.20. The number of aliphatic hydroxyl groups is 1. The fraction of sp³-hybridized carbons (Fsp3) is 0.474. The number of nitrogens with zero attached hydrogens (tertiary/aromatic N) is 2. The third kappa shape index (κ3) is 5.88. The van der Waals surface area contributed by atoms with E-state index in [1.54, 1.807) is 31.2 Å². The Morgan fingerprint density at radius 2 is 1.90 bits per heavy atom. The highest BCUT2D eigenvalue weighted by atomic mass is 32.1. The molecule has 0 spiro atoms. The van der Waals surface area contributed by atoms with Crippen LogP contribution in [-0.2, 0) is 14.4 Å². The fourth-order valence-electron chi connectivity index (χ4n) is 2.86. The fourth-order valence-corrected chi connectivity index (χ4v) is 3.25. The van der Waals surface area contributed by atoms with Gasteiger partial charge in [0.25, 0.3) is 5.91 Å². The number of hydrogen-bond donors (Lipinski definition) is 3. The van der Waals surface area contributed by atoms with Gasteiger partial charge in [0.05, 0.1) is 13.0 Å². The maximum Gasteiger partial charge on any atom is 0.254 e. The number of likely N-dealkylation sites (N-methyl/N-ethyl adjacent to an activating group) is 1. The summed E-state index contributed by atoms with van der Waals surface area (Å²) in [7, 11) is 0. The summed E-state index contributed by atoms with van der Waals surface area (Å²) in [5.41, 5.74) is 3.15. The van der Waals surface area contributed by atoms with Gasteiger partial charge in [0, 0.05) is 25.3 Å². The summed E-state index contributed by atoms with van der Waals surface area (Å²) in [6.45, 7) is 4.40. The van der Waals surface area contributed by atoms with E-state index in [2.05, 4.69) is 10.7 Å². The predicted molar refractivity (Wildman–Crippen MR) is 111 cm³/mol. The molecule has 158 valence electrons. The Balaban J connectivity index is 2.05. The van der Waals surface area contributed by atoms with E-state index in [4.69, 9.17) is 22.1 Å². The highest BCUT2D eigenvalue weighted by Gasteiger charge is 2.43. The lowest BCUT2D eigenvalue weighted by Crippen LogP contribution is -2.49. The molecule has 1 heterocycles. The molecule has 10 heteroatoms. The first kappa shape index (κ1) is 22.6. The minimum Gasteiger partial charge on any atom is -0.494 e. The van der Waals surface area contributed by atoms with Crippen molar-refractivity contribution in [2.45, 2.75) is 39.2 Å². The molecule has 1 saturated heterocycles. The highest BCUT2D eigenvalue weighted by molar-refractivity contribution is 7.80. The van der Waals surface area contributed by atoms with Crippen LogP contribution < -0.4 is 15.5 Å². The zero-order chi connectivity index (χ0) is 21.4. The van der Waals surface area contributed by atoms with Gasteiger partial charge in [0.2, 0.25) is 11.8 Å². The Morgan fingerprint density at radius 1 is 1.21 bits per heavy atom. The number of aliphatic hydroxyl groups excluding tert-OH is 1. The molecule has 0 saturated carbocycles. The molecular formula is C19H26N4O5S. The molecule has 0 aliphatic carbocycles. The smallest absolute Gasteiger partial charge is 0.254 e. The number of nitrogens with one attached hydrogen (secondary N) is 2. The summed E-state index contributed by atoms with van der Waals surface area (Å²) in [4.78, 5) is 38.6. The number of carbonyl (C=O) groups is 3. The Morgan fingerprint density at radius 3 is 2.48 bits per heavy atom. The molecule has 1 atom stereocenters. The third-order valence-electron chi connectivity index (χ3n) is 4.25. The SMILES string of the molecule is CCOc1ccc(NC(=O)CC2C(=O)N(CC)C(=S)N2NC(=O)CCCO)cc1. The van der Waals surface area contributed by atoms with Gasteiger partial charge in [0.1, 0.15) is 11.8 Å². The zero-order valence-corrected chi connectivity index (χ0v) is 17.3. The minimum atomic E-state index is -0.928. The maximum atomic E-state index is 12.7. The molecule has 1 unspecified atom stereocenters. The van der Waals surface area contributed by atoms with Crippen LogP contribution in [0, 0.1) is 0 Å². The molecule has 29 heavy (non-hydrogen) atoms. The van der Waals surface area contributed by atoms with Crippen LogP contribution in [0.3, 0.4) is 0 Å². The van der Waals surface area contributed by atoms with Crippen LogP contribution in [0.25, 0.3) is 0 Å². The lowest BCUT2D eigenvalue weighted by molar-refractivity contribution is -0.132. The number of ether oxygens (including phenoxy) is 1. The van der Waals surface area contributed by atoms with Crippen molar-refractivity contribution in [3.63, 3.8) is 0 Å². The first-order chi connectivity index (χ1) is 13.9. The number of hydrogen-bond acceptors (Lipinski definition) is 6. The molecule has 9 nitrogen and oxygen atoms in total. The standard InChI is InChI=1S/C19H26N4O5S/c1-3-22-18(27)15(23(19(22)29)21-16(25)6-5-11-24)12-17(26)20-13-7-9-14(10-8-13)28-4-2/h7-10,15,24H,3-6,11-12H2,1-2H3,(H,20,26)(H,21,25). The Labute approximate surface area is 175 Å². The lowest BCUT2D eigenvalue weighted by atomic mass is 10.2. The van der Waals surface area contributed by atoms with Crippen LogP contribution in [0.4, 0.5) is 5.69 Å². The number of carbonyl (C=O) groups excluding carboxylic acids is 3. The Bertz CT molecular complexity index is 755. The number of rotatable bonds is 10. The number of thiocarbonyl (C=S) groups is 1. The maximum absolute atomic E-state index is 12.7. The molecule has 0 aromatic heterocycles. The van der Waals surface area contributed by atoms with Gasteiger partial charge in [-0.3, -0.25) is 24.7 Å². The van der Waals surface area contributed by atoms with Gasteiger partial charge in [-0.15, -0.1) is 0 Å². The van der Waals surface area contributed by atoms with Crippen LogP contribution in [0.5, 0.6) is 5.75 Å². The quantitative estimate of drug-likeness (QED) is 0.483. The summed E-state index contributed by atoms with van der Waals surface area (Å²) in [5, 5.41) is 13.0. The van der Waals surface area contributed by atoms with E-state index < -0.39 is 6.04 Å². The second-order valence-electron chi connectivity index (χ2n) is 6.32. The third-order valence-corrected chi connectivity index (χ3v) is 4.67. The number of anilines is 1. The van der Waals surface area contributed by atoms with Crippen molar-refractivity contribution in [1.29, 1.82) is 0 Å². The molecule has 0 radical (unpaired) electrons. The van der Waals surface area contributed by atoms with Gasteiger partial charge in [-0.05, 0) is 56.8 Å². The van der Waals surface area contributed by atoms with Crippen molar-refractivity contribution < 1.29 is 24.2 Å². The van der Waals surface area contributed by atoms with Gasteiger partial charge >= 0.3 is 0 Å². The van der Waals surface area contributed by atoms with E-state index in [1.165, 1.54) is 9.91 Å². The van der Waals surface area contributed by atoms with Gasteiger partial charge in [-0.1, -0.05) is 0 Å². The molecule has 1 fully saturated rings.